The monoisotopic (exact) mass is 308 g/mol. The summed E-state index contributed by atoms with van der Waals surface area (Å²) in [4.78, 5) is 0. The zero-order valence-electron chi connectivity index (χ0n) is 14.0. The van der Waals surface area contributed by atoms with Crippen molar-refractivity contribution in [1.82, 2.24) is 0 Å². The van der Waals surface area contributed by atoms with E-state index in [1.165, 1.54) is 11.1 Å². The lowest BCUT2D eigenvalue weighted by Crippen LogP contribution is -2.85. The molecule has 0 spiro atoms. The summed E-state index contributed by atoms with van der Waals surface area (Å²) in [6, 6.07) is 6.24. The number of hydrogen-bond donors (Lipinski definition) is 1. The van der Waals surface area contributed by atoms with Crippen LogP contribution in [-0.2, 0) is 15.9 Å². The second kappa shape index (κ2) is 12.2. The van der Waals surface area contributed by atoms with Gasteiger partial charge in [0.25, 0.3) is 0 Å². The molecule has 124 valence electrons. The standard InChI is InChI=1S/C18H29NO3/c1-4-6-17-15-16(2)7-8-18(17)22-14-13-21-12-10-19-9-5-11-20-3/h4,7-8,15,19H,1,5-6,9-14H2,2-3H3/p+1. The van der Waals surface area contributed by atoms with Gasteiger partial charge in [0.1, 0.15) is 12.4 Å². The molecular formula is C18H30NO3+. The van der Waals surface area contributed by atoms with E-state index in [2.05, 4.69) is 31.0 Å². The van der Waals surface area contributed by atoms with E-state index in [0.29, 0.717) is 13.2 Å². The zero-order chi connectivity index (χ0) is 16.0. The second-order valence-electron chi connectivity index (χ2n) is 5.28. The Bertz CT molecular complexity index is 421. The number of aryl methyl sites for hydroxylation is 1. The molecule has 0 heterocycles. The highest BCUT2D eigenvalue weighted by atomic mass is 16.5. The fraction of sp³-hybridized carbons (Fsp3) is 0.556. The maximum atomic E-state index is 5.80. The van der Waals surface area contributed by atoms with Gasteiger partial charge in [-0.3, -0.25) is 0 Å². The maximum absolute atomic E-state index is 5.80. The number of nitrogens with two attached hydrogens (primary N) is 1. The highest BCUT2D eigenvalue weighted by molar-refractivity contribution is 5.38. The van der Waals surface area contributed by atoms with Gasteiger partial charge in [-0.15, -0.1) is 6.58 Å². The molecule has 0 atom stereocenters. The Labute approximate surface area is 134 Å². The molecule has 0 amide bonds. The number of rotatable bonds is 13. The van der Waals surface area contributed by atoms with Crippen LogP contribution in [0.1, 0.15) is 17.5 Å². The molecule has 22 heavy (non-hydrogen) atoms. The van der Waals surface area contributed by atoms with Crippen LogP contribution < -0.4 is 10.1 Å². The summed E-state index contributed by atoms with van der Waals surface area (Å²) in [6.45, 7) is 10.7. The summed E-state index contributed by atoms with van der Waals surface area (Å²) in [5.41, 5.74) is 2.42. The Balaban J connectivity index is 2.11. The van der Waals surface area contributed by atoms with Crippen molar-refractivity contribution in [2.75, 3.05) is 46.6 Å². The third-order valence-electron chi connectivity index (χ3n) is 3.29. The second-order valence-corrected chi connectivity index (χ2v) is 5.28. The van der Waals surface area contributed by atoms with Crippen molar-refractivity contribution in [2.24, 2.45) is 0 Å². The third kappa shape index (κ3) is 8.17. The molecule has 0 saturated carbocycles. The number of quaternary nitrogens is 1. The zero-order valence-corrected chi connectivity index (χ0v) is 14.0. The van der Waals surface area contributed by atoms with Crippen LogP contribution in [0.4, 0.5) is 0 Å². The molecule has 1 aromatic carbocycles. The Morgan fingerprint density at radius 2 is 2.00 bits per heavy atom. The van der Waals surface area contributed by atoms with Crippen molar-refractivity contribution < 1.29 is 19.5 Å². The predicted octanol–water partition coefficient (Wildman–Crippen LogP) is 1.72. The number of allylic oxidation sites excluding steroid dienone is 1. The Kier molecular flexibility index (Phi) is 10.4. The average Bonchev–Trinajstić information content (AvgIpc) is 2.51. The van der Waals surface area contributed by atoms with Gasteiger partial charge < -0.3 is 19.5 Å². The van der Waals surface area contributed by atoms with Crippen molar-refractivity contribution in [3.63, 3.8) is 0 Å². The van der Waals surface area contributed by atoms with E-state index < -0.39 is 0 Å². The molecule has 4 heteroatoms. The van der Waals surface area contributed by atoms with E-state index in [0.717, 1.165) is 44.9 Å². The molecule has 0 aliphatic rings. The smallest absolute Gasteiger partial charge is 0.122 e. The first-order valence-corrected chi connectivity index (χ1v) is 7.99. The lowest BCUT2D eigenvalue weighted by Gasteiger charge is -2.11. The van der Waals surface area contributed by atoms with Crippen LogP contribution >= 0.6 is 0 Å². The quantitative estimate of drug-likeness (QED) is 0.446. The third-order valence-corrected chi connectivity index (χ3v) is 3.29. The lowest BCUT2D eigenvalue weighted by molar-refractivity contribution is -0.656. The minimum absolute atomic E-state index is 0.580. The Morgan fingerprint density at radius 1 is 1.14 bits per heavy atom. The summed E-state index contributed by atoms with van der Waals surface area (Å²) in [5.74, 6) is 0.931. The van der Waals surface area contributed by atoms with Crippen molar-refractivity contribution in [3.05, 3.63) is 42.0 Å². The van der Waals surface area contributed by atoms with Gasteiger partial charge in [0, 0.05) is 13.5 Å². The summed E-state index contributed by atoms with van der Waals surface area (Å²) in [6.07, 6.45) is 3.81. The van der Waals surface area contributed by atoms with Crippen LogP contribution in [-0.4, -0.2) is 46.6 Å². The fourth-order valence-electron chi connectivity index (χ4n) is 2.16. The van der Waals surface area contributed by atoms with Crippen LogP contribution in [0.25, 0.3) is 0 Å². The number of hydrogen-bond acceptors (Lipinski definition) is 3. The van der Waals surface area contributed by atoms with E-state index >= 15 is 0 Å². The van der Waals surface area contributed by atoms with E-state index in [1.807, 2.05) is 12.1 Å². The summed E-state index contributed by atoms with van der Waals surface area (Å²) in [7, 11) is 1.73. The molecule has 0 fully saturated rings. The lowest BCUT2D eigenvalue weighted by atomic mass is 10.1. The molecule has 0 aliphatic carbocycles. The fourth-order valence-corrected chi connectivity index (χ4v) is 2.16. The molecule has 0 radical (unpaired) electrons. The first kappa shape index (κ1) is 18.7. The van der Waals surface area contributed by atoms with Crippen molar-refractivity contribution in [2.45, 2.75) is 19.8 Å². The number of methoxy groups -OCH3 is 1. The largest absolute Gasteiger partial charge is 0.491 e. The SMILES string of the molecule is C=CCc1cc(C)ccc1OCCOCC[NH2+]CCCOC. The van der Waals surface area contributed by atoms with Crippen LogP contribution in [0.5, 0.6) is 5.75 Å². The molecule has 1 rings (SSSR count). The Hall–Kier alpha value is -1.36. The average molecular weight is 308 g/mol. The molecule has 0 aromatic heterocycles. The van der Waals surface area contributed by atoms with Gasteiger partial charge in [-0.25, -0.2) is 0 Å². The molecule has 0 bridgehead atoms. The van der Waals surface area contributed by atoms with Gasteiger partial charge in [0.05, 0.1) is 32.9 Å². The molecule has 0 saturated heterocycles. The minimum atomic E-state index is 0.580. The molecule has 0 aliphatic heterocycles. The van der Waals surface area contributed by atoms with Gasteiger partial charge in [-0.2, -0.15) is 0 Å². The van der Waals surface area contributed by atoms with Crippen molar-refractivity contribution >= 4 is 0 Å². The van der Waals surface area contributed by atoms with Crippen LogP contribution in [0, 0.1) is 6.92 Å². The van der Waals surface area contributed by atoms with Gasteiger partial charge >= 0.3 is 0 Å². The maximum Gasteiger partial charge on any atom is 0.122 e. The van der Waals surface area contributed by atoms with E-state index in [1.54, 1.807) is 7.11 Å². The first-order chi connectivity index (χ1) is 10.8. The van der Waals surface area contributed by atoms with Crippen LogP contribution in [0.3, 0.4) is 0 Å². The number of ether oxygens (including phenoxy) is 3. The van der Waals surface area contributed by atoms with Crippen molar-refractivity contribution in [1.29, 1.82) is 0 Å². The molecule has 4 nitrogen and oxygen atoms in total. The molecule has 2 N–H and O–H groups in total. The normalized spacial score (nSPS) is 10.6. The molecule has 1 aromatic rings. The summed E-state index contributed by atoms with van der Waals surface area (Å²) in [5, 5.41) is 2.25. The summed E-state index contributed by atoms with van der Waals surface area (Å²) < 4.78 is 16.4. The molecular weight excluding hydrogens is 278 g/mol. The van der Waals surface area contributed by atoms with E-state index in [-0.39, 0.29) is 0 Å². The molecule has 0 unspecified atom stereocenters. The predicted molar refractivity (Wildman–Crippen MR) is 89.5 cm³/mol. The number of benzene rings is 1. The highest BCUT2D eigenvalue weighted by Gasteiger charge is 2.02. The minimum Gasteiger partial charge on any atom is -0.491 e. The highest BCUT2D eigenvalue weighted by Crippen LogP contribution is 2.20. The topological polar surface area (TPSA) is 44.3 Å². The van der Waals surface area contributed by atoms with Gasteiger partial charge in [-0.1, -0.05) is 23.8 Å². The van der Waals surface area contributed by atoms with Crippen LogP contribution in [0.2, 0.25) is 0 Å². The van der Waals surface area contributed by atoms with E-state index in [4.69, 9.17) is 14.2 Å². The Morgan fingerprint density at radius 3 is 2.77 bits per heavy atom. The van der Waals surface area contributed by atoms with Gasteiger partial charge in [0.15, 0.2) is 0 Å². The first-order valence-electron chi connectivity index (χ1n) is 7.99. The summed E-state index contributed by atoms with van der Waals surface area (Å²) >= 11 is 0. The van der Waals surface area contributed by atoms with E-state index in [9.17, 15) is 0 Å². The van der Waals surface area contributed by atoms with Gasteiger partial charge in [-0.05, 0) is 25.0 Å². The van der Waals surface area contributed by atoms with Crippen molar-refractivity contribution in [3.8, 4) is 5.75 Å². The van der Waals surface area contributed by atoms with Gasteiger partial charge in [0.2, 0.25) is 0 Å². The van der Waals surface area contributed by atoms with Crippen LogP contribution in [0.15, 0.2) is 30.9 Å².